The first kappa shape index (κ1) is 18.7. The molecule has 1 aromatic carbocycles. The van der Waals surface area contributed by atoms with Gasteiger partial charge in [0.1, 0.15) is 17.4 Å². The number of aliphatic hydroxyl groups is 1. The predicted octanol–water partition coefficient (Wildman–Crippen LogP) is 2.01. The molecule has 1 atom stereocenters. The maximum atomic E-state index is 12.9. The number of amides is 1. The van der Waals surface area contributed by atoms with Gasteiger partial charge in [0.15, 0.2) is 6.10 Å². The quantitative estimate of drug-likeness (QED) is 0.872. The average Bonchev–Trinajstić information content (AvgIpc) is 3.26. The highest BCUT2D eigenvalue weighted by Gasteiger charge is 2.30. The summed E-state index contributed by atoms with van der Waals surface area (Å²) in [6, 6.07) is 6.93. The van der Waals surface area contributed by atoms with Crippen molar-refractivity contribution in [3.05, 3.63) is 46.9 Å². The maximum Gasteiger partial charge on any atom is 0.256 e. The van der Waals surface area contributed by atoms with Gasteiger partial charge in [-0.25, -0.2) is 9.97 Å². The molecule has 148 valence electrons. The number of nitrogens with zero attached hydrogens (tertiary/aromatic N) is 4. The second kappa shape index (κ2) is 7.75. The van der Waals surface area contributed by atoms with Crippen LogP contribution in [0.4, 0.5) is 5.82 Å². The molecule has 1 unspecified atom stereocenters. The number of ether oxygens (including phenoxy) is 1. The standard InChI is InChI=1S/C21H26N4O3/c1-14-22-18-13-25(12-9-17(18)20(23-14)24-10-3-4-11-24)21(27)19(26)15-5-7-16(28-2)8-6-15/h5-8,19,26H,3-4,9-13H2,1-2H3. The van der Waals surface area contributed by atoms with Gasteiger partial charge in [-0.1, -0.05) is 12.1 Å². The summed E-state index contributed by atoms with van der Waals surface area (Å²) in [6.07, 6.45) is 1.91. The van der Waals surface area contributed by atoms with Crippen molar-refractivity contribution in [2.45, 2.75) is 38.8 Å². The molecule has 0 saturated carbocycles. The molecule has 0 aliphatic carbocycles. The molecule has 1 amide bonds. The third kappa shape index (κ3) is 3.54. The van der Waals surface area contributed by atoms with Crippen molar-refractivity contribution in [1.82, 2.24) is 14.9 Å². The number of benzene rings is 1. The molecule has 28 heavy (non-hydrogen) atoms. The summed E-state index contributed by atoms with van der Waals surface area (Å²) >= 11 is 0. The van der Waals surface area contributed by atoms with E-state index < -0.39 is 6.10 Å². The highest BCUT2D eigenvalue weighted by Crippen LogP contribution is 2.30. The van der Waals surface area contributed by atoms with Crippen molar-refractivity contribution in [1.29, 1.82) is 0 Å². The number of aromatic nitrogens is 2. The number of aliphatic hydroxyl groups excluding tert-OH is 1. The molecule has 7 nitrogen and oxygen atoms in total. The van der Waals surface area contributed by atoms with Crippen LogP contribution in [0.2, 0.25) is 0 Å². The summed E-state index contributed by atoms with van der Waals surface area (Å²) in [6.45, 7) is 4.92. The molecule has 2 aliphatic rings. The molecule has 0 spiro atoms. The molecule has 7 heteroatoms. The van der Waals surface area contributed by atoms with Gasteiger partial charge in [-0.2, -0.15) is 0 Å². The zero-order valence-electron chi connectivity index (χ0n) is 16.4. The molecule has 1 N–H and O–H groups in total. The fourth-order valence-electron chi connectivity index (χ4n) is 4.01. The Morgan fingerprint density at radius 3 is 2.54 bits per heavy atom. The summed E-state index contributed by atoms with van der Waals surface area (Å²) < 4.78 is 5.13. The Morgan fingerprint density at radius 2 is 1.86 bits per heavy atom. The van der Waals surface area contributed by atoms with Crippen LogP contribution in [0.3, 0.4) is 0 Å². The van der Waals surface area contributed by atoms with Gasteiger partial charge in [0, 0.05) is 25.2 Å². The fraction of sp³-hybridized carbons (Fsp3) is 0.476. The van der Waals surface area contributed by atoms with Crippen LogP contribution in [-0.4, -0.2) is 52.6 Å². The first-order valence-electron chi connectivity index (χ1n) is 9.79. The number of carbonyl (C=O) groups excluding carboxylic acids is 1. The maximum absolute atomic E-state index is 12.9. The van der Waals surface area contributed by atoms with Crippen LogP contribution in [0.25, 0.3) is 0 Å². The highest BCUT2D eigenvalue weighted by atomic mass is 16.5. The average molecular weight is 382 g/mol. The summed E-state index contributed by atoms with van der Waals surface area (Å²) in [7, 11) is 1.59. The van der Waals surface area contributed by atoms with Crippen molar-refractivity contribution in [3.63, 3.8) is 0 Å². The lowest BCUT2D eigenvalue weighted by molar-refractivity contribution is -0.141. The third-order valence-corrected chi connectivity index (χ3v) is 5.54. The minimum Gasteiger partial charge on any atom is -0.497 e. The molecule has 1 aromatic heterocycles. The predicted molar refractivity (Wildman–Crippen MR) is 105 cm³/mol. The van der Waals surface area contributed by atoms with E-state index in [4.69, 9.17) is 4.74 Å². The topological polar surface area (TPSA) is 78.8 Å². The summed E-state index contributed by atoms with van der Waals surface area (Å²) in [5.74, 6) is 2.15. The minimum atomic E-state index is -1.19. The molecular formula is C21H26N4O3. The monoisotopic (exact) mass is 382 g/mol. The van der Waals surface area contributed by atoms with Crippen LogP contribution < -0.4 is 9.64 Å². The lowest BCUT2D eigenvalue weighted by Gasteiger charge is -2.32. The molecule has 2 aliphatic heterocycles. The number of aryl methyl sites for hydroxylation is 1. The van der Waals surface area contributed by atoms with E-state index in [9.17, 15) is 9.90 Å². The van der Waals surface area contributed by atoms with Crippen LogP contribution in [-0.2, 0) is 17.8 Å². The molecule has 0 bridgehead atoms. The van der Waals surface area contributed by atoms with Gasteiger partial charge in [-0.05, 0) is 43.9 Å². The van der Waals surface area contributed by atoms with Crippen molar-refractivity contribution < 1.29 is 14.6 Å². The molecule has 3 heterocycles. The number of carbonyl (C=O) groups is 1. The van der Waals surface area contributed by atoms with Crippen LogP contribution in [0.1, 0.15) is 41.6 Å². The fourth-order valence-corrected chi connectivity index (χ4v) is 4.01. The van der Waals surface area contributed by atoms with Crippen LogP contribution in [0, 0.1) is 6.92 Å². The number of fused-ring (bicyclic) bond motifs is 1. The van der Waals surface area contributed by atoms with Gasteiger partial charge in [0.25, 0.3) is 5.91 Å². The van der Waals surface area contributed by atoms with E-state index in [-0.39, 0.29) is 5.91 Å². The zero-order valence-corrected chi connectivity index (χ0v) is 16.4. The number of anilines is 1. The van der Waals surface area contributed by atoms with Crippen molar-refractivity contribution in [2.75, 3.05) is 31.6 Å². The van der Waals surface area contributed by atoms with Crippen LogP contribution in [0.5, 0.6) is 5.75 Å². The number of hydrogen-bond acceptors (Lipinski definition) is 6. The molecule has 1 saturated heterocycles. The van der Waals surface area contributed by atoms with E-state index in [1.165, 1.54) is 12.8 Å². The van der Waals surface area contributed by atoms with E-state index in [0.29, 0.717) is 30.8 Å². The van der Waals surface area contributed by atoms with E-state index in [1.54, 1.807) is 36.3 Å². The third-order valence-electron chi connectivity index (χ3n) is 5.54. The second-order valence-corrected chi connectivity index (χ2v) is 7.40. The first-order valence-corrected chi connectivity index (χ1v) is 9.79. The molecule has 4 rings (SSSR count). The Bertz CT molecular complexity index is 863. The first-order chi connectivity index (χ1) is 13.6. The SMILES string of the molecule is COc1ccc(C(O)C(=O)N2CCc3c(nc(C)nc3N3CCCC3)C2)cc1. The summed E-state index contributed by atoms with van der Waals surface area (Å²) in [4.78, 5) is 26.2. The second-order valence-electron chi connectivity index (χ2n) is 7.40. The minimum absolute atomic E-state index is 0.296. The number of hydrogen-bond donors (Lipinski definition) is 1. The van der Waals surface area contributed by atoms with Crippen molar-refractivity contribution in [2.24, 2.45) is 0 Å². The largest absolute Gasteiger partial charge is 0.497 e. The van der Waals surface area contributed by atoms with Gasteiger partial charge in [0.05, 0.1) is 19.3 Å². The summed E-state index contributed by atoms with van der Waals surface area (Å²) in [5.41, 5.74) is 2.61. The van der Waals surface area contributed by atoms with Crippen LogP contribution >= 0.6 is 0 Å². The Labute approximate surface area is 165 Å². The Balaban J connectivity index is 1.53. The van der Waals surface area contributed by atoms with E-state index in [2.05, 4.69) is 14.9 Å². The van der Waals surface area contributed by atoms with Gasteiger partial charge in [-0.3, -0.25) is 4.79 Å². The van der Waals surface area contributed by atoms with E-state index in [0.717, 1.165) is 36.0 Å². The van der Waals surface area contributed by atoms with Crippen molar-refractivity contribution in [3.8, 4) is 5.75 Å². The van der Waals surface area contributed by atoms with Gasteiger partial charge in [-0.15, -0.1) is 0 Å². The van der Waals surface area contributed by atoms with Gasteiger partial charge < -0.3 is 19.6 Å². The highest BCUT2D eigenvalue weighted by molar-refractivity contribution is 5.82. The number of methoxy groups -OCH3 is 1. The zero-order chi connectivity index (χ0) is 19.7. The van der Waals surface area contributed by atoms with E-state index in [1.807, 2.05) is 6.92 Å². The number of rotatable bonds is 4. The summed E-state index contributed by atoms with van der Waals surface area (Å²) in [5, 5.41) is 10.6. The van der Waals surface area contributed by atoms with E-state index >= 15 is 0 Å². The van der Waals surface area contributed by atoms with Gasteiger partial charge >= 0.3 is 0 Å². The molecule has 2 aromatic rings. The molecule has 1 fully saturated rings. The van der Waals surface area contributed by atoms with Crippen LogP contribution in [0.15, 0.2) is 24.3 Å². The smallest absolute Gasteiger partial charge is 0.256 e. The lowest BCUT2D eigenvalue weighted by Crippen LogP contribution is -2.40. The Hall–Kier alpha value is -2.67. The van der Waals surface area contributed by atoms with Gasteiger partial charge in [0.2, 0.25) is 0 Å². The van der Waals surface area contributed by atoms with Crippen molar-refractivity contribution >= 4 is 11.7 Å². The normalized spacial score (nSPS) is 17.4. The molecular weight excluding hydrogens is 356 g/mol. The Morgan fingerprint density at radius 1 is 1.14 bits per heavy atom. The molecule has 0 radical (unpaired) electrons. The lowest BCUT2D eigenvalue weighted by atomic mass is 10.0. The Kier molecular flexibility index (Phi) is 5.17.